The first-order valence-corrected chi connectivity index (χ1v) is 8.79. The van der Waals surface area contributed by atoms with Crippen molar-refractivity contribution in [2.75, 3.05) is 13.7 Å². The number of rotatable bonds is 4. The molecule has 2 heterocycles. The van der Waals surface area contributed by atoms with E-state index in [1.54, 1.807) is 13.2 Å². The van der Waals surface area contributed by atoms with Gasteiger partial charge in [0.05, 0.1) is 7.11 Å². The van der Waals surface area contributed by atoms with Crippen LogP contribution in [0.15, 0.2) is 35.7 Å². The molecule has 1 aliphatic rings. The number of benzene rings is 1. The second kappa shape index (κ2) is 7.16. The Morgan fingerprint density at radius 1 is 1.27 bits per heavy atom. The third kappa shape index (κ3) is 3.45. The topological polar surface area (TPSA) is 32.7 Å². The third-order valence-electron chi connectivity index (χ3n) is 4.37. The lowest BCUT2D eigenvalue weighted by Crippen LogP contribution is -2.27. The highest BCUT2D eigenvalue weighted by atomic mass is 32.1. The Morgan fingerprint density at radius 3 is 2.95 bits per heavy atom. The first kappa shape index (κ1) is 15.4. The largest absolute Gasteiger partial charge is 0.504 e. The Kier molecular flexibility index (Phi) is 5.01. The average molecular weight is 317 g/mol. The number of methoxy groups -OCH3 is 1. The summed E-state index contributed by atoms with van der Waals surface area (Å²) in [7, 11) is 1.60. The van der Waals surface area contributed by atoms with Crippen LogP contribution < -0.4 is 4.74 Å². The molecule has 3 nitrogen and oxygen atoms in total. The highest BCUT2D eigenvalue weighted by molar-refractivity contribution is 7.10. The van der Waals surface area contributed by atoms with Gasteiger partial charge in [-0.25, -0.2) is 0 Å². The lowest BCUT2D eigenvalue weighted by Gasteiger charge is -2.29. The lowest BCUT2D eigenvalue weighted by atomic mass is 10.1. The average Bonchev–Trinajstić information content (AvgIpc) is 2.96. The van der Waals surface area contributed by atoms with Crippen molar-refractivity contribution in [3.63, 3.8) is 0 Å². The Labute approximate surface area is 136 Å². The van der Waals surface area contributed by atoms with E-state index >= 15 is 0 Å². The van der Waals surface area contributed by atoms with Crippen LogP contribution in [-0.4, -0.2) is 23.7 Å². The minimum Gasteiger partial charge on any atom is -0.504 e. The van der Waals surface area contributed by atoms with E-state index in [2.05, 4.69) is 22.4 Å². The highest BCUT2D eigenvalue weighted by Gasteiger charge is 2.23. The summed E-state index contributed by atoms with van der Waals surface area (Å²) in [4.78, 5) is 4.04. The van der Waals surface area contributed by atoms with Gasteiger partial charge in [-0.05, 0) is 48.5 Å². The molecule has 0 spiro atoms. The van der Waals surface area contributed by atoms with Crippen molar-refractivity contribution in [2.45, 2.75) is 38.3 Å². The van der Waals surface area contributed by atoms with Crippen molar-refractivity contribution < 1.29 is 9.84 Å². The molecule has 1 fully saturated rings. The minimum absolute atomic E-state index is 0.205. The number of aromatic hydroxyl groups is 1. The normalized spacial score (nSPS) is 19.8. The van der Waals surface area contributed by atoms with Crippen LogP contribution in [0.1, 0.15) is 42.2 Å². The van der Waals surface area contributed by atoms with Gasteiger partial charge in [0, 0.05) is 17.5 Å². The van der Waals surface area contributed by atoms with E-state index in [-0.39, 0.29) is 5.75 Å². The van der Waals surface area contributed by atoms with Gasteiger partial charge in [0.1, 0.15) is 0 Å². The zero-order chi connectivity index (χ0) is 15.4. The number of hydrogen-bond donors (Lipinski definition) is 1. The summed E-state index contributed by atoms with van der Waals surface area (Å²) < 4.78 is 5.23. The number of phenols is 1. The first-order valence-electron chi connectivity index (χ1n) is 7.91. The molecule has 1 N–H and O–H groups in total. The Morgan fingerprint density at radius 2 is 2.18 bits per heavy atom. The van der Waals surface area contributed by atoms with Crippen LogP contribution in [0.5, 0.6) is 11.5 Å². The zero-order valence-corrected chi connectivity index (χ0v) is 13.8. The second-order valence-corrected chi connectivity index (χ2v) is 6.84. The molecule has 0 bridgehead atoms. The summed E-state index contributed by atoms with van der Waals surface area (Å²) in [5, 5.41) is 11.9. The van der Waals surface area contributed by atoms with E-state index in [9.17, 15) is 5.11 Å². The maximum atomic E-state index is 9.75. The van der Waals surface area contributed by atoms with Crippen LogP contribution in [0.2, 0.25) is 0 Å². The number of phenolic OH excluding ortho intramolecular Hbond substituents is 1. The molecular weight excluding hydrogens is 294 g/mol. The first-order chi connectivity index (χ1) is 10.8. The number of hydrogen-bond acceptors (Lipinski definition) is 4. The molecule has 0 amide bonds. The number of thiophene rings is 1. The molecule has 118 valence electrons. The van der Waals surface area contributed by atoms with Gasteiger partial charge >= 0.3 is 0 Å². The smallest absolute Gasteiger partial charge is 0.160 e. The van der Waals surface area contributed by atoms with Gasteiger partial charge in [-0.1, -0.05) is 25.0 Å². The van der Waals surface area contributed by atoms with Crippen molar-refractivity contribution in [1.29, 1.82) is 0 Å². The number of nitrogens with zero attached hydrogens (tertiary/aromatic N) is 1. The molecule has 2 aromatic rings. The van der Waals surface area contributed by atoms with Gasteiger partial charge in [0.25, 0.3) is 0 Å². The number of likely N-dealkylation sites (tertiary alicyclic amines) is 1. The second-order valence-electron chi connectivity index (χ2n) is 5.86. The van der Waals surface area contributed by atoms with E-state index in [4.69, 9.17) is 4.74 Å². The molecule has 0 saturated carbocycles. The Bertz CT molecular complexity index is 597. The molecule has 0 radical (unpaired) electrons. The molecule has 1 aliphatic heterocycles. The fraction of sp³-hybridized carbons (Fsp3) is 0.444. The monoisotopic (exact) mass is 317 g/mol. The quantitative estimate of drug-likeness (QED) is 0.896. The van der Waals surface area contributed by atoms with Crippen LogP contribution in [0.3, 0.4) is 0 Å². The lowest BCUT2D eigenvalue weighted by molar-refractivity contribution is 0.195. The van der Waals surface area contributed by atoms with Crippen molar-refractivity contribution in [3.05, 3.63) is 46.2 Å². The molecule has 0 unspecified atom stereocenters. The minimum atomic E-state index is 0.205. The van der Waals surface area contributed by atoms with Crippen LogP contribution >= 0.6 is 11.3 Å². The standard InChI is InChI=1S/C18H23NO2S/c1-21-17-12-14(8-9-16(17)20)13-19-10-4-2-3-6-15(19)18-7-5-11-22-18/h5,7-9,11-12,15,20H,2-4,6,10,13H2,1H3/t15-/m0/s1. The number of ether oxygens (including phenoxy) is 1. The van der Waals surface area contributed by atoms with Gasteiger partial charge in [-0.15, -0.1) is 11.3 Å². The SMILES string of the molecule is COc1cc(CN2CCCCC[C@H]2c2cccs2)ccc1O. The predicted molar refractivity (Wildman–Crippen MR) is 90.6 cm³/mol. The van der Waals surface area contributed by atoms with Crippen LogP contribution in [0.4, 0.5) is 0 Å². The maximum absolute atomic E-state index is 9.75. The Hall–Kier alpha value is -1.52. The molecule has 1 saturated heterocycles. The summed E-state index contributed by atoms with van der Waals surface area (Å²) in [5.41, 5.74) is 1.19. The van der Waals surface area contributed by atoms with E-state index in [0.717, 1.165) is 13.1 Å². The fourth-order valence-corrected chi connectivity index (χ4v) is 4.11. The van der Waals surface area contributed by atoms with Crippen LogP contribution in [0.25, 0.3) is 0 Å². The van der Waals surface area contributed by atoms with Gasteiger partial charge in [-0.2, -0.15) is 0 Å². The van der Waals surface area contributed by atoms with Crippen molar-refractivity contribution in [1.82, 2.24) is 4.90 Å². The van der Waals surface area contributed by atoms with Gasteiger partial charge < -0.3 is 9.84 Å². The van der Waals surface area contributed by atoms with Gasteiger partial charge in [0.15, 0.2) is 11.5 Å². The van der Waals surface area contributed by atoms with Crippen LogP contribution in [0, 0.1) is 0 Å². The molecule has 1 atom stereocenters. The third-order valence-corrected chi connectivity index (χ3v) is 5.34. The summed E-state index contributed by atoms with van der Waals surface area (Å²) in [6, 6.07) is 10.6. The van der Waals surface area contributed by atoms with Crippen molar-refractivity contribution >= 4 is 11.3 Å². The highest BCUT2D eigenvalue weighted by Crippen LogP contribution is 2.35. The molecule has 22 heavy (non-hydrogen) atoms. The Balaban J connectivity index is 1.81. The van der Waals surface area contributed by atoms with Crippen molar-refractivity contribution in [3.8, 4) is 11.5 Å². The molecule has 1 aromatic carbocycles. The summed E-state index contributed by atoms with van der Waals surface area (Å²) in [5.74, 6) is 0.761. The summed E-state index contributed by atoms with van der Waals surface area (Å²) >= 11 is 1.86. The maximum Gasteiger partial charge on any atom is 0.160 e. The zero-order valence-electron chi connectivity index (χ0n) is 13.0. The van der Waals surface area contributed by atoms with E-state index in [1.165, 1.54) is 36.1 Å². The van der Waals surface area contributed by atoms with E-state index in [0.29, 0.717) is 11.8 Å². The van der Waals surface area contributed by atoms with Gasteiger partial charge in [0.2, 0.25) is 0 Å². The van der Waals surface area contributed by atoms with Gasteiger partial charge in [-0.3, -0.25) is 4.90 Å². The van der Waals surface area contributed by atoms with Crippen molar-refractivity contribution in [2.24, 2.45) is 0 Å². The molecule has 4 heteroatoms. The summed E-state index contributed by atoms with van der Waals surface area (Å²) in [6.07, 6.45) is 5.11. The molecular formula is C18H23NO2S. The molecule has 1 aromatic heterocycles. The molecule has 0 aliphatic carbocycles. The summed E-state index contributed by atoms with van der Waals surface area (Å²) in [6.45, 7) is 2.03. The predicted octanol–water partition coefficient (Wildman–Crippen LogP) is 4.58. The van der Waals surface area contributed by atoms with E-state index in [1.807, 2.05) is 23.5 Å². The molecule has 3 rings (SSSR count). The van der Waals surface area contributed by atoms with E-state index < -0.39 is 0 Å². The fourth-order valence-electron chi connectivity index (χ4n) is 3.21. The van der Waals surface area contributed by atoms with Crippen LogP contribution in [-0.2, 0) is 6.54 Å².